The number of benzene rings is 1. The molecule has 0 spiro atoms. The number of hydrogen-bond donors (Lipinski definition) is 0. The highest BCUT2D eigenvalue weighted by Crippen LogP contribution is 2.24. The number of fused-ring (bicyclic) bond motifs is 1. The van der Waals surface area contributed by atoms with Gasteiger partial charge in [0.15, 0.2) is 0 Å². The van der Waals surface area contributed by atoms with Crippen LogP contribution in [-0.2, 0) is 12.0 Å². The van der Waals surface area contributed by atoms with Crippen LogP contribution in [-0.4, -0.2) is 38.1 Å². The highest BCUT2D eigenvalue weighted by Gasteiger charge is 2.23. The van der Waals surface area contributed by atoms with Gasteiger partial charge in [-0.2, -0.15) is 0 Å². The zero-order chi connectivity index (χ0) is 18.1. The molecule has 0 radical (unpaired) electrons. The van der Waals surface area contributed by atoms with E-state index in [4.69, 9.17) is 4.98 Å². The van der Waals surface area contributed by atoms with Gasteiger partial charge in [-0.15, -0.1) is 5.10 Å². The highest BCUT2D eigenvalue weighted by atomic mass is 15.4. The third kappa shape index (κ3) is 3.54. The predicted octanol–water partition coefficient (Wildman–Crippen LogP) is 3.44. The molecule has 1 aromatic carbocycles. The Morgan fingerprint density at radius 3 is 2.73 bits per heavy atom. The molecule has 6 heteroatoms. The predicted molar refractivity (Wildman–Crippen MR) is 103 cm³/mol. The van der Waals surface area contributed by atoms with Crippen molar-refractivity contribution in [2.75, 3.05) is 18.0 Å². The minimum atomic E-state index is 0.0392. The van der Waals surface area contributed by atoms with Crippen LogP contribution in [0.5, 0.6) is 0 Å². The molecule has 1 atom stereocenters. The van der Waals surface area contributed by atoms with Crippen LogP contribution in [0.3, 0.4) is 0 Å². The van der Waals surface area contributed by atoms with E-state index in [2.05, 4.69) is 47.2 Å². The fourth-order valence-electron chi connectivity index (χ4n) is 3.52. The Balaban J connectivity index is 1.47. The van der Waals surface area contributed by atoms with Crippen molar-refractivity contribution in [2.45, 2.75) is 45.6 Å². The molecule has 6 nitrogen and oxygen atoms in total. The maximum absolute atomic E-state index is 4.81. The number of nitrogens with zero attached hydrogens (tertiary/aromatic N) is 6. The standard InChI is InChI=1S/C20H26N6/c1-20(2,3)18-14-26(24-23-18)13-15-7-6-10-25(12-15)19-11-21-16-8-4-5-9-17(16)22-19/h4-5,8-9,11,14-15H,6-7,10,12-13H2,1-3H3/t15-/m0/s1. The van der Waals surface area contributed by atoms with E-state index in [0.29, 0.717) is 5.92 Å². The minimum Gasteiger partial charge on any atom is -0.355 e. The zero-order valence-corrected chi connectivity index (χ0v) is 15.8. The number of anilines is 1. The summed E-state index contributed by atoms with van der Waals surface area (Å²) >= 11 is 0. The lowest BCUT2D eigenvalue weighted by Crippen LogP contribution is -2.37. The van der Waals surface area contributed by atoms with E-state index >= 15 is 0 Å². The summed E-state index contributed by atoms with van der Waals surface area (Å²) in [5, 5.41) is 8.68. The number of aromatic nitrogens is 5. The van der Waals surface area contributed by atoms with Crippen molar-refractivity contribution >= 4 is 16.9 Å². The summed E-state index contributed by atoms with van der Waals surface area (Å²) in [6.07, 6.45) is 6.37. The monoisotopic (exact) mass is 350 g/mol. The molecule has 2 aromatic heterocycles. The Morgan fingerprint density at radius 1 is 1.15 bits per heavy atom. The SMILES string of the molecule is CC(C)(C)c1cn(C[C@H]2CCCN(c3cnc4ccccc4n3)C2)nn1. The second-order valence-corrected chi connectivity index (χ2v) is 8.25. The fourth-order valence-corrected chi connectivity index (χ4v) is 3.52. The van der Waals surface area contributed by atoms with Gasteiger partial charge in [0.1, 0.15) is 5.82 Å². The van der Waals surface area contributed by atoms with Crippen molar-refractivity contribution < 1.29 is 0 Å². The van der Waals surface area contributed by atoms with E-state index in [1.165, 1.54) is 12.8 Å². The lowest BCUT2D eigenvalue weighted by molar-refractivity contribution is 0.347. The van der Waals surface area contributed by atoms with E-state index in [1.807, 2.05) is 35.1 Å². The molecule has 0 amide bonds. The fraction of sp³-hybridized carbons (Fsp3) is 0.500. The smallest absolute Gasteiger partial charge is 0.147 e. The van der Waals surface area contributed by atoms with Gasteiger partial charge >= 0.3 is 0 Å². The molecule has 26 heavy (non-hydrogen) atoms. The largest absolute Gasteiger partial charge is 0.355 e. The number of hydrogen-bond acceptors (Lipinski definition) is 5. The molecule has 1 aliphatic rings. The Labute approximate surface area is 154 Å². The van der Waals surface area contributed by atoms with Crippen molar-refractivity contribution in [2.24, 2.45) is 5.92 Å². The molecule has 0 bridgehead atoms. The summed E-state index contributed by atoms with van der Waals surface area (Å²) in [5.74, 6) is 1.52. The first kappa shape index (κ1) is 16.9. The van der Waals surface area contributed by atoms with Gasteiger partial charge in [-0.1, -0.05) is 38.1 Å². The van der Waals surface area contributed by atoms with Gasteiger partial charge in [0, 0.05) is 31.2 Å². The second-order valence-electron chi connectivity index (χ2n) is 8.25. The summed E-state index contributed by atoms with van der Waals surface area (Å²) in [6, 6.07) is 8.04. The van der Waals surface area contributed by atoms with E-state index in [9.17, 15) is 0 Å². The van der Waals surface area contributed by atoms with Crippen LogP contribution < -0.4 is 4.90 Å². The molecule has 3 aromatic rings. The maximum Gasteiger partial charge on any atom is 0.147 e. The number of piperidine rings is 1. The van der Waals surface area contributed by atoms with Crippen LogP contribution in [0.25, 0.3) is 11.0 Å². The van der Waals surface area contributed by atoms with Crippen molar-refractivity contribution in [1.82, 2.24) is 25.0 Å². The van der Waals surface area contributed by atoms with Crippen LogP contribution in [0.15, 0.2) is 36.7 Å². The summed E-state index contributed by atoms with van der Waals surface area (Å²) in [4.78, 5) is 11.7. The third-order valence-corrected chi connectivity index (χ3v) is 5.03. The second kappa shape index (κ2) is 6.67. The van der Waals surface area contributed by atoms with Crippen LogP contribution in [0.4, 0.5) is 5.82 Å². The topological polar surface area (TPSA) is 59.7 Å². The van der Waals surface area contributed by atoms with E-state index in [-0.39, 0.29) is 5.41 Å². The molecule has 0 saturated carbocycles. The van der Waals surface area contributed by atoms with E-state index < -0.39 is 0 Å². The maximum atomic E-state index is 4.81. The molecule has 4 rings (SSSR count). The van der Waals surface area contributed by atoms with Gasteiger partial charge < -0.3 is 4.90 Å². The van der Waals surface area contributed by atoms with Crippen LogP contribution in [0.1, 0.15) is 39.3 Å². The molecule has 1 saturated heterocycles. The van der Waals surface area contributed by atoms with E-state index in [1.54, 1.807) is 0 Å². The van der Waals surface area contributed by atoms with Crippen molar-refractivity contribution in [3.05, 3.63) is 42.4 Å². The molecule has 1 aliphatic heterocycles. The first-order valence-electron chi connectivity index (χ1n) is 9.36. The molecular weight excluding hydrogens is 324 g/mol. The summed E-state index contributed by atoms with van der Waals surface area (Å²) in [7, 11) is 0. The normalized spacial score (nSPS) is 18.4. The summed E-state index contributed by atoms with van der Waals surface area (Å²) in [5.41, 5.74) is 2.99. The lowest BCUT2D eigenvalue weighted by Gasteiger charge is -2.33. The quantitative estimate of drug-likeness (QED) is 0.724. The van der Waals surface area contributed by atoms with Gasteiger partial charge in [-0.05, 0) is 30.9 Å². The average molecular weight is 350 g/mol. The van der Waals surface area contributed by atoms with Crippen molar-refractivity contribution in [1.29, 1.82) is 0 Å². The average Bonchev–Trinajstić information content (AvgIpc) is 3.10. The first-order valence-corrected chi connectivity index (χ1v) is 9.36. The van der Waals surface area contributed by atoms with Gasteiger partial charge in [0.2, 0.25) is 0 Å². The molecule has 3 heterocycles. The molecular formula is C20H26N6. The van der Waals surface area contributed by atoms with Crippen LogP contribution in [0, 0.1) is 5.92 Å². The van der Waals surface area contributed by atoms with Crippen LogP contribution >= 0.6 is 0 Å². The Kier molecular flexibility index (Phi) is 4.34. The minimum absolute atomic E-state index is 0.0392. The van der Waals surface area contributed by atoms with Gasteiger partial charge in [-0.25, -0.2) is 4.98 Å². The Hall–Kier alpha value is -2.50. The molecule has 0 N–H and O–H groups in total. The van der Waals surface area contributed by atoms with Crippen LogP contribution in [0.2, 0.25) is 0 Å². The lowest BCUT2D eigenvalue weighted by atomic mass is 9.93. The third-order valence-electron chi connectivity index (χ3n) is 5.03. The molecule has 0 unspecified atom stereocenters. The number of rotatable bonds is 3. The van der Waals surface area contributed by atoms with E-state index in [0.717, 1.165) is 42.2 Å². The van der Waals surface area contributed by atoms with Crippen molar-refractivity contribution in [3.63, 3.8) is 0 Å². The van der Waals surface area contributed by atoms with Crippen molar-refractivity contribution in [3.8, 4) is 0 Å². The van der Waals surface area contributed by atoms with Gasteiger partial charge in [-0.3, -0.25) is 9.67 Å². The summed E-state index contributed by atoms with van der Waals surface area (Å²) in [6.45, 7) is 9.43. The zero-order valence-electron chi connectivity index (χ0n) is 15.8. The Morgan fingerprint density at radius 2 is 1.96 bits per heavy atom. The molecule has 1 fully saturated rings. The first-order chi connectivity index (χ1) is 12.5. The highest BCUT2D eigenvalue weighted by molar-refractivity contribution is 5.75. The molecule has 136 valence electrons. The Bertz CT molecular complexity index is 894. The summed E-state index contributed by atoms with van der Waals surface area (Å²) < 4.78 is 2.00. The van der Waals surface area contributed by atoms with Gasteiger partial charge in [0.25, 0.3) is 0 Å². The molecule has 0 aliphatic carbocycles. The van der Waals surface area contributed by atoms with Gasteiger partial charge in [0.05, 0.1) is 22.9 Å². The number of para-hydroxylation sites is 2.